The fourth-order valence-corrected chi connectivity index (χ4v) is 2.05. The number of anilines is 2. The minimum absolute atomic E-state index is 0.00458. The number of benzene rings is 1. The average Bonchev–Trinajstić information content (AvgIpc) is 2.48. The van der Waals surface area contributed by atoms with Gasteiger partial charge in [-0.3, -0.25) is 15.0 Å². The van der Waals surface area contributed by atoms with E-state index in [4.69, 9.17) is 0 Å². The van der Waals surface area contributed by atoms with Gasteiger partial charge in [-0.1, -0.05) is 18.2 Å². The van der Waals surface area contributed by atoms with Gasteiger partial charge < -0.3 is 4.90 Å². The minimum Gasteiger partial charge on any atom is -0.305 e. The molecule has 0 aliphatic rings. The van der Waals surface area contributed by atoms with Crippen molar-refractivity contribution in [2.75, 3.05) is 19.0 Å². The van der Waals surface area contributed by atoms with E-state index in [1.54, 1.807) is 12.3 Å². The van der Waals surface area contributed by atoms with E-state index < -0.39 is 4.92 Å². The molecule has 110 valence electrons. The van der Waals surface area contributed by atoms with Crippen LogP contribution in [-0.2, 0) is 0 Å². The standard InChI is InChI=1S/C15H18N4O2/c1-12(17(2)3)18(13-8-5-4-6-9-13)15-14(19(20)21)10-7-11-16-15/h4-12H,1-3H3. The Labute approximate surface area is 123 Å². The lowest BCUT2D eigenvalue weighted by molar-refractivity contribution is -0.384. The van der Waals surface area contributed by atoms with Crippen LogP contribution in [0.15, 0.2) is 48.7 Å². The lowest BCUT2D eigenvalue weighted by atomic mass is 10.2. The maximum absolute atomic E-state index is 11.3. The summed E-state index contributed by atoms with van der Waals surface area (Å²) in [5, 5.41) is 11.3. The highest BCUT2D eigenvalue weighted by molar-refractivity contribution is 5.68. The van der Waals surface area contributed by atoms with Gasteiger partial charge in [0.05, 0.1) is 11.1 Å². The Morgan fingerprint density at radius 1 is 1.14 bits per heavy atom. The maximum atomic E-state index is 11.3. The third kappa shape index (κ3) is 3.17. The van der Waals surface area contributed by atoms with Gasteiger partial charge in [0.2, 0.25) is 5.82 Å². The number of rotatable bonds is 5. The lowest BCUT2D eigenvalue weighted by Crippen LogP contribution is -2.40. The van der Waals surface area contributed by atoms with Crippen molar-refractivity contribution in [1.82, 2.24) is 9.88 Å². The summed E-state index contributed by atoms with van der Waals surface area (Å²) in [7, 11) is 3.85. The molecule has 2 aromatic rings. The zero-order valence-electron chi connectivity index (χ0n) is 12.3. The summed E-state index contributed by atoms with van der Waals surface area (Å²) in [4.78, 5) is 18.9. The number of pyridine rings is 1. The Morgan fingerprint density at radius 2 is 1.81 bits per heavy atom. The summed E-state index contributed by atoms with van der Waals surface area (Å²) >= 11 is 0. The molecule has 2 rings (SSSR count). The van der Waals surface area contributed by atoms with Crippen LogP contribution in [0.1, 0.15) is 6.92 Å². The number of aromatic nitrogens is 1. The van der Waals surface area contributed by atoms with Crippen molar-refractivity contribution in [2.45, 2.75) is 13.1 Å². The smallest absolute Gasteiger partial charge is 0.305 e. The van der Waals surface area contributed by atoms with Crippen LogP contribution in [0, 0.1) is 10.1 Å². The molecule has 21 heavy (non-hydrogen) atoms. The molecule has 0 spiro atoms. The van der Waals surface area contributed by atoms with Gasteiger partial charge in [-0.2, -0.15) is 0 Å². The first-order valence-electron chi connectivity index (χ1n) is 6.62. The second kappa shape index (κ2) is 6.32. The van der Waals surface area contributed by atoms with Crippen LogP contribution in [-0.4, -0.2) is 35.1 Å². The minimum atomic E-state index is -0.402. The first kappa shape index (κ1) is 14.9. The number of para-hydroxylation sites is 1. The van der Waals surface area contributed by atoms with Gasteiger partial charge in [-0.15, -0.1) is 0 Å². The molecule has 1 aromatic heterocycles. The Balaban J connectivity index is 2.58. The van der Waals surface area contributed by atoms with Crippen molar-refractivity contribution < 1.29 is 4.92 Å². The topological polar surface area (TPSA) is 62.5 Å². The van der Waals surface area contributed by atoms with E-state index in [0.29, 0.717) is 5.82 Å². The van der Waals surface area contributed by atoms with Crippen LogP contribution in [0.2, 0.25) is 0 Å². The molecule has 0 aliphatic carbocycles. The van der Waals surface area contributed by atoms with E-state index in [9.17, 15) is 10.1 Å². The average molecular weight is 286 g/mol. The molecule has 0 saturated carbocycles. The number of hydrogen-bond acceptors (Lipinski definition) is 5. The summed E-state index contributed by atoms with van der Waals surface area (Å²) in [5.74, 6) is 0.343. The van der Waals surface area contributed by atoms with Crippen molar-refractivity contribution in [3.05, 3.63) is 58.8 Å². The largest absolute Gasteiger partial charge is 0.311 e. The molecule has 6 nitrogen and oxygen atoms in total. The second-order valence-electron chi connectivity index (χ2n) is 4.90. The molecular weight excluding hydrogens is 268 g/mol. The molecule has 6 heteroatoms. The van der Waals surface area contributed by atoms with Crippen molar-refractivity contribution in [3.8, 4) is 0 Å². The maximum Gasteiger partial charge on any atom is 0.311 e. The number of hydrogen-bond donors (Lipinski definition) is 0. The summed E-state index contributed by atoms with van der Waals surface area (Å²) in [6.07, 6.45) is 1.49. The Hall–Kier alpha value is -2.47. The van der Waals surface area contributed by atoms with Crippen LogP contribution in [0.5, 0.6) is 0 Å². The van der Waals surface area contributed by atoms with Gasteiger partial charge in [-0.25, -0.2) is 4.98 Å². The van der Waals surface area contributed by atoms with E-state index in [1.807, 2.05) is 61.2 Å². The highest BCUT2D eigenvalue weighted by Gasteiger charge is 2.26. The van der Waals surface area contributed by atoms with Gasteiger partial charge >= 0.3 is 5.69 Å². The highest BCUT2D eigenvalue weighted by Crippen LogP contribution is 2.33. The number of nitrogens with zero attached hydrogens (tertiary/aromatic N) is 4. The first-order chi connectivity index (χ1) is 10.0. The monoisotopic (exact) mass is 286 g/mol. The second-order valence-corrected chi connectivity index (χ2v) is 4.90. The van der Waals surface area contributed by atoms with E-state index in [1.165, 1.54) is 6.07 Å². The molecule has 0 saturated heterocycles. The molecule has 0 bridgehead atoms. The molecular formula is C15H18N4O2. The van der Waals surface area contributed by atoms with E-state index in [-0.39, 0.29) is 11.9 Å². The van der Waals surface area contributed by atoms with Crippen LogP contribution in [0.3, 0.4) is 0 Å². The fraction of sp³-hybridized carbons (Fsp3) is 0.267. The zero-order valence-corrected chi connectivity index (χ0v) is 12.3. The molecule has 0 amide bonds. The highest BCUT2D eigenvalue weighted by atomic mass is 16.6. The molecule has 1 atom stereocenters. The Morgan fingerprint density at radius 3 is 2.38 bits per heavy atom. The SMILES string of the molecule is CC(N(C)C)N(c1ccccc1)c1ncccc1[N+](=O)[O-]. The van der Waals surface area contributed by atoms with Gasteiger partial charge in [-0.05, 0) is 39.2 Å². The molecule has 0 fully saturated rings. The van der Waals surface area contributed by atoms with Crippen molar-refractivity contribution in [1.29, 1.82) is 0 Å². The summed E-state index contributed by atoms with van der Waals surface area (Å²) in [5.41, 5.74) is 0.857. The van der Waals surface area contributed by atoms with Crippen LogP contribution in [0.4, 0.5) is 17.2 Å². The third-order valence-electron chi connectivity index (χ3n) is 3.35. The normalized spacial score (nSPS) is 12.2. The van der Waals surface area contributed by atoms with Crippen LogP contribution in [0.25, 0.3) is 0 Å². The summed E-state index contributed by atoms with van der Waals surface area (Å²) in [6.45, 7) is 1.98. The quantitative estimate of drug-likeness (QED) is 0.480. The van der Waals surface area contributed by atoms with Gasteiger partial charge in [0.1, 0.15) is 0 Å². The third-order valence-corrected chi connectivity index (χ3v) is 3.35. The van der Waals surface area contributed by atoms with E-state index in [0.717, 1.165) is 5.69 Å². The van der Waals surface area contributed by atoms with E-state index in [2.05, 4.69) is 4.98 Å². The lowest BCUT2D eigenvalue weighted by Gasteiger charge is -2.34. The predicted octanol–water partition coefficient (Wildman–Crippen LogP) is 3.04. The molecule has 1 unspecified atom stereocenters. The number of nitro groups is 1. The molecule has 0 N–H and O–H groups in total. The molecule has 1 heterocycles. The van der Waals surface area contributed by atoms with Gasteiger partial charge in [0, 0.05) is 18.0 Å². The Kier molecular flexibility index (Phi) is 4.49. The van der Waals surface area contributed by atoms with E-state index >= 15 is 0 Å². The summed E-state index contributed by atoms with van der Waals surface area (Å²) < 4.78 is 0. The molecule has 0 aliphatic heterocycles. The van der Waals surface area contributed by atoms with Crippen molar-refractivity contribution in [3.63, 3.8) is 0 Å². The fourth-order valence-electron chi connectivity index (χ4n) is 2.05. The van der Waals surface area contributed by atoms with Crippen LogP contribution >= 0.6 is 0 Å². The zero-order chi connectivity index (χ0) is 15.4. The summed E-state index contributed by atoms with van der Waals surface area (Å²) in [6, 6.07) is 12.6. The van der Waals surface area contributed by atoms with Crippen molar-refractivity contribution in [2.24, 2.45) is 0 Å². The predicted molar refractivity (Wildman–Crippen MR) is 82.6 cm³/mol. The molecule has 0 radical (unpaired) electrons. The Bertz CT molecular complexity index is 616. The van der Waals surface area contributed by atoms with Gasteiger partial charge in [0.25, 0.3) is 0 Å². The van der Waals surface area contributed by atoms with Crippen LogP contribution < -0.4 is 4.90 Å². The molecule has 1 aromatic carbocycles. The first-order valence-corrected chi connectivity index (χ1v) is 6.62. The van der Waals surface area contributed by atoms with Gasteiger partial charge in [0.15, 0.2) is 0 Å². The van der Waals surface area contributed by atoms with Crippen molar-refractivity contribution >= 4 is 17.2 Å².